The molecule has 0 aliphatic rings. The first-order valence-corrected chi connectivity index (χ1v) is 7.53. The van der Waals surface area contributed by atoms with Crippen LogP contribution in [-0.4, -0.2) is 5.91 Å². The summed E-state index contributed by atoms with van der Waals surface area (Å²) in [5, 5.41) is 2.76. The summed E-state index contributed by atoms with van der Waals surface area (Å²) in [5.74, 6) is -0.148. The van der Waals surface area contributed by atoms with E-state index in [2.05, 4.69) is 21.2 Å². The third kappa shape index (κ3) is 3.22. The highest BCUT2D eigenvalue weighted by Gasteiger charge is 2.14. The lowest BCUT2D eigenvalue weighted by Crippen LogP contribution is -2.14. The van der Waals surface area contributed by atoms with E-state index in [-0.39, 0.29) is 11.3 Å². The zero-order valence-electron chi connectivity index (χ0n) is 11.3. The molecular formula is C16H15BrClNO. The van der Waals surface area contributed by atoms with E-state index in [1.807, 2.05) is 50.2 Å². The predicted octanol–water partition coefficient (Wildman–Crippen LogP) is 5.31. The average Bonchev–Trinajstić information content (AvgIpc) is 2.42. The maximum Gasteiger partial charge on any atom is 0.256 e. The number of alkyl halides is 1. The Kier molecular flexibility index (Phi) is 4.84. The standard InChI is InChI=1S/C16H15BrClNO/c1-10-6-5-8-13(15(10)17)16(20)19-14-9-4-3-7-12(14)11(2)18/h3-9,11H,1-2H3,(H,19,20). The van der Waals surface area contributed by atoms with E-state index >= 15 is 0 Å². The molecule has 1 amide bonds. The number of para-hydroxylation sites is 1. The fourth-order valence-corrected chi connectivity index (χ4v) is 2.60. The van der Waals surface area contributed by atoms with Crippen molar-refractivity contribution < 1.29 is 4.79 Å². The van der Waals surface area contributed by atoms with E-state index < -0.39 is 0 Å². The van der Waals surface area contributed by atoms with Gasteiger partial charge in [0.25, 0.3) is 5.91 Å². The number of amides is 1. The van der Waals surface area contributed by atoms with Crippen molar-refractivity contribution in [1.82, 2.24) is 0 Å². The van der Waals surface area contributed by atoms with Crippen molar-refractivity contribution in [2.45, 2.75) is 19.2 Å². The smallest absolute Gasteiger partial charge is 0.256 e. The summed E-state index contributed by atoms with van der Waals surface area (Å²) in [6, 6.07) is 13.2. The summed E-state index contributed by atoms with van der Waals surface area (Å²) in [6.07, 6.45) is 0. The topological polar surface area (TPSA) is 29.1 Å². The number of aryl methyl sites for hydroxylation is 1. The lowest BCUT2D eigenvalue weighted by molar-refractivity contribution is 0.102. The molecule has 2 nitrogen and oxygen atoms in total. The van der Waals surface area contributed by atoms with Gasteiger partial charge in [0, 0.05) is 10.2 Å². The molecule has 0 fully saturated rings. The van der Waals surface area contributed by atoms with Crippen LogP contribution in [0.1, 0.15) is 33.8 Å². The Hall–Kier alpha value is -1.32. The minimum atomic E-state index is -0.160. The van der Waals surface area contributed by atoms with E-state index in [1.54, 1.807) is 6.07 Å². The first-order chi connectivity index (χ1) is 9.50. The summed E-state index contributed by atoms with van der Waals surface area (Å²) < 4.78 is 0.814. The number of hydrogen-bond donors (Lipinski definition) is 1. The number of anilines is 1. The van der Waals surface area contributed by atoms with Gasteiger partial charge in [0.2, 0.25) is 0 Å². The molecule has 0 saturated carbocycles. The van der Waals surface area contributed by atoms with Crippen molar-refractivity contribution in [2.24, 2.45) is 0 Å². The molecular weight excluding hydrogens is 338 g/mol. The Morgan fingerprint density at radius 2 is 1.90 bits per heavy atom. The van der Waals surface area contributed by atoms with Gasteiger partial charge in [-0.25, -0.2) is 0 Å². The number of carbonyl (C=O) groups excluding carboxylic acids is 1. The summed E-state index contributed by atoms with van der Waals surface area (Å²) in [5.41, 5.74) is 3.29. The van der Waals surface area contributed by atoms with Crippen molar-refractivity contribution >= 4 is 39.1 Å². The first-order valence-electron chi connectivity index (χ1n) is 6.30. The van der Waals surface area contributed by atoms with Crippen LogP contribution in [0.15, 0.2) is 46.9 Å². The second kappa shape index (κ2) is 6.42. The number of hydrogen-bond acceptors (Lipinski definition) is 1. The highest BCUT2D eigenvalue weighted by molar-refractivity contribution is 9.10. The van der Waals surface area contributed by atoms with Crippen LogP contribution in [0.2, 0.25) is 0 Å². The van der Waals surface area contributed by atoms with Crippen LogP contribution in [0.5, 0.6) is 0 Å². The van der Waals surface area contributed by atoms with Gasteiger partial charge < -0.3 is 5.32 Å². The van der Waals surface area contributed by atoms with E-state index in [0.717, 1.165) is 21.3 Å². The number of halogens is 2. The van der Waals surface area contributed by atoms with Gasteiger partial charge in [0.05, 0.1) is 10.9 Å². The van der Waals surface area contributed by atoms with Crippen LogP contribution in [0.25, 0.3) is 0 Å². The van der Waals surface area contributed by atoms with E-state index in [0.29, 0.717) is 5.56 Å². The van der Waals surface area contributed by atoms with Crippen molar-refractivity contribution in [1.29, 1.82) is 0 Å². The Balaban J connectivity index is 2.31. The molecule has 0 aliphatic carbocycles. The van der Waals surface area contributed by atoms with Gasteiger partial charge >= 0.3 is 0 Å². The molecule has 2 rings (SSSR count). The quantitative estimate of drug-likeness (QED) is 0.745. The molecule has 0 radical (unpaired) electrons. The second-order valence-electron chi connectivity index (χ2n) is 4.59. The largest absolute Gasteiger partial charge is 0.322 e. The van der Waals surface area contributed by atoms with Crippen molar-refractivity contribution in [3.63, 3.8) is 0 Å². The van der Waals surface area contributed by atoms with Gasteiger partial charge in [0.15, 0.2) is 0 Å². The lowest BCUT2D eigenvalue weighted by Gasteiger charge is -2.13. The fraction of sp³-hybridized carbons (Fsp3) is 0.188. The summed E-state index contributed by atoms with van der Waals surface area (Å²) in [4.78, 5) is 12.4. The molecule has 4 heteroatoms. The zero-order valence-corrected chi connectivity index (χ0v) is 13.6. The maximum atomic E-state index is 12.4. The second-order valence-corrected chi connectivity index (χ2v) is 6.04. The Morgan fingerprint density at radius 1 is 1.20 bits per heavy atom. The molecule has 20 heavy (non-hydrogen) atoms. The first kappa shape index (κ1) is 15.1. The number of benzene rings is 2. The van der Waals surface area contributed by atoms with E-state index in [1.165, 1.54) is 0 Å². The molecule has 0 aromatic heterocycles. The highest BCUT2D eigenvalue weighted by atomic mass is 79.9. The Bertz CT molecular complexity index is 640. The molecule has 1 unspecified atom stereocenters. The van der Waals surface area contributed by atoms with Crippen LogP contribution in [-0.2, 0) is 0 Å². The van der Waals surface area contributed by atoms with Crippen LogP contribution in [0, 0.1) is 6.92 Å². The fourth-order valence-electron chi connectivity index (χ4n) is 1.97. The summed E-state index contributed by atoms with van der Waals surface area (Å²) >= 11 is 9.59. The SMILES string of the molecule is Cc1cccc(C(=O)Nc2ccccc2C(C)Cl)c1Br. The molecule has 0 spiro atoms. The van der Waals surface area contributed by atoms with Gasteiger partial charge in [-0.2, -0.15) is 0 Å². The van der Waals surface area contributed by atoms with Gasteiger partial charge in [-0.15, -0.1) is 11.6 Å². The predicted molar refractivity (Wildman–Crippen MR) is 87.5 cm³/mol. The van der Waals surface area contributed by atoms with Crippen molar-refractivity contribution in [2.75, 3.05) is 5.32 Å². The number of rotatable bonds is 3. The highest BCUT2D eigenvalue weighted by Crippen LogP contribution is 2.28. The maximum absolute atomic E-state index is 12.4. The molecule has 0 bridgehead atoms. The molecule has 1 atom stereocenters. The Morgan fingerprint density at radius 3 is 2.60 bits per heavy atom. The molecule has 104 valence electrons. The molecule has 2 aromatic rings. The average molecular weight is 353 g/mol. The molecule has 0 heterocycles. The normalized spacial score (nSPS) is 12.0. The number of nitrogens with one attached hydrogen (secondary N) is 1. The van der Waals surface area contributed by atoms with Crippen LogP contribution in [0.4, 0.5) is 5.69 Å². The third-order valence-corrected chi connectivity index (χ3v) is 4.36. The van der Waals surface area contributed by atoms with E-state index in [4.69, 9.17) is 11.6 Å². The zero-order chi connectivity index (χ0) is 14.7. The molecule has 2 aromatic carbocycles. The van der Waals surface area contributed by atoms with Crippen LogP contribution in [0.3, 0.4) is 0 Å². The Labute approximate surface area is 132 Å². The molecule has 1 N–H and O–H groups in total. The van der Waals surface area contributed by atoms with Gasteiger partial charge in [0.1, 0.15) is 0 Å². The van der Waals surface area contributed by atoms with E-state index in [9.17, 15) is 4.79 Å². The number of carbonyl (C=O) groups is 1. The van der Waals surface area contributed by atoms with Gasteiger partial charge in [-0.05, 0) is 53.0 Å². The summed E-state index contributed by atoms with van der Waals surface area (Å²) in [6.45, 7) is 3.84. The summed E-state index contributed by atoms with van der Waals surface area (Å²) in [7, 11) is 0. The van der Waals surface area contributed by atoms with Crippen LogP contribution >= 0.6 is 27.5 Å². The monoisotopic (exact) mass is 351 g/mol. The molecule has 0 saturated heterocycles. The van der Waals surface area contributed by atoms with Gasteiger partial charge in [-0.3, -0.25) is 4.79 Å². The lowest BCUT2D eigenvalue weighted by atomic mass is 10.1. The minimum Gasteiger partial charge on any atom is -0.322 e. The van der Waals surface area contributed by atoms with Crippen molar-refractivity contribution in [3.05, 3.63) is 63.6 Å². The van der Waals surface area contributed by atoms with Gasteiger partial charge in [-0.1, -0.05) is 30.3 Å². The third-order valence-electron chi connectivity index (χ3n) is 3.07. The minimum absolute atomic E-state index is 0.148. The van der Waals surface area contributed by atoms with Crippen LogP contribution < -0.4 is 5.32 Å². The molecule has 0 aliphatic heterocycles. The van der Waals surface area contributed by atoms with Crippen molar-refractivity contribution in [3.8, 4) is 0 Å².